The summed E-state index contributed by atoms with van der Waals surface area (Å²) in [6, 6.07) is 11.5. The number of fused-ring (bicyclic) bond motifs is 1. The van der Waals surface area contributed by atoms with E-state index in [4.69, 9.17) is 9.47 Å². The number of ether oxygens (including phenoxy) is 2. The third-order valence-corrected chi connectivity index (χ3v) is 5.48. The standard InChI is InChI=1S/C21H15FN4O3S/c1-12-16(9-23-26(12)15-5-3-14(22)4-6-15)20(27)25-21-24-17(10-30-21)13-2-7-18-19(8-13)29-11-28-18/h2-10H,11H2,1H3,(H,24,25,27). The van der Waals surface area contributed by atoms with Gasteiger partial charge in [0.1, 0.15) is 5.82 Å². The summed E-state index contributed by atoms with van der Waals surface area (Å²) in [5.41, 5.74) is 3.33. The minimum Gasteiger partial charge on any atom is -0.454 e. The number of nitrogens with one attached hydrogen (secondary N) is 1. The normalized spacial score (nSPS) is 12.2. The van der Waals surface area contributed by atoms with Crippen molar-refractivity contribution in [3.8, 4) is 28.4 Å². The summed E-state index contributed by atoms with van der Waals surface area (Å²) in [4.78, 5) is 17.2. The van der Waals surface area contributed by atoms with E-state index in [-0.39, 0.29) is 18.5 Å². The average molecular weight is 422 g/mol. The fraction of sp³-hybridized carbons (Fsp3) is 0.0952. The molecule has 3 heterocycles. The minimum atomic E-state index is -0.330. The first-order valence-electron chi connectivity index (χ1n) is 9.06. The van der Waals surface area contributed by atoms with Gasteiger partial charge in [0.2, 0.25) is 6.79 Å². The highest BCUT2D eigenvalue weighted by molar-refractivity contribution is 7.14. The molecule has 1 aliphatic heterocycles. The van der Waals surface area contributed by atoms with Crippen LogP contribution in [0, 0.1) is 12.7 Å². The summed E-state index contributed by atoms with van der Waals surface area (Å²) in [6.45, 7) is 1.99. The summed E-state index contributed by atoms with van der Waals surface area (Å²) in [7, 11) is 0. The number of benzene rings is 2. The van der Waals surface area contributed by atoms with E-state index in [0.29, 0.717) is 33.6 Å². The minimum absolute atomic E-state index is 0.210. The number of hydrogen-bond donors (Lipinski definition) is 1. The second kappa shape index (κ2) is 7.27. The molecule has 30 heavy (non-hydrogen) atoms. The number of rotatable bonds is 4. The number of amides is 1. The molecule has 7 nitrogen and oxygen atoms in total. The molecule has 2 aromatic carbocycles. The second-order valence-corrected chi connectivity index (χ2v) is 7.45. The second-order valence-electron chi connectivity index (χ2n) is 6.59. The molecule has 2 aromatic heterocycles. The number of nitrogens with zero attached hydrogens (tertiary/aromatic N) is 3. The van der Waals surface area contributed by atoms with Gasteiger partial charge < -0.3 is 9.47 Å². The smallest absolute Gasteiger partial charge is 0.260 e. The van der Waals surface area contributed by atoms with Crippen molar-refractivity contribution in [1.82, 2.24) is 14.8 Å². The Kier molecular flexibility index (Phi) is 4.44. The van der Waals surface area contributed by atoms with Gasteiger partial charge in [-0.1, -0.05) is 0 Å². The van der Waals surface area contributed by atoms with Gasteiger partial charge in [0.15, 0.2) is 16.6 Å². The van der Waals surface area contributed by atoms with E-state index >= 15 is 0 Å². The molecule has 0 aliphatic carbocycles. The summed E-state index contributed by atoms with van der Waals surface area (Å²) >= 11 is 1.33. The summed E-state index contributed by atoms with van der Waals surface area (Å²) in [6.07, 6.45) is 1.49. The third-order valence-electron chi connectivity index (χ3n) is 4.72. The molecule has 4 aromatic rings. The van der Waals surface area contributed by atoms with E-state index in [0.717, 1.165) is 11.3 Å². The first-order valence-corrected chi connectivity index (χ1v) is 9.94. The highest BCUT2D eigenvalue weighted by atomic mass is 32.1. The van der Waals surface area contributed by atoms with Crippen LogP contribution in [0.15, 0.2) is 54.0 Å². The van der Waals surface area contributed by atoms with E-state index in [2.05, 4.69) is 15.4 Å². The van der Waals surface area contributed by atoms with E-state index in [1.807, 2.05) is 23.6 Å². The van der Waals surface area contributed by atoms with Crippen LogP contribution < -0.4 is 14.8 Å². The van der Waals surface area contributed by atoms with Crippen molar-refractivity contribution in [3.63, 3.8) is 0 Å². The topological polar surface area (TPSA) is 78.3 Å². The van der Waals surface area contributed by atoms with Crippen molar-refractivity contribution < 1.29 is 18.7 Å². The maximum atomic E-state index is 13.2. The van der Waals surface area contributed by atoms with Gasteiger partial charge in [-0.15, -0.1) is 11.3 Å². The first kappa shape index (κ1) is 18.3. The van der Waals surface area contributed by atoms with Gasteiger partial charge in [-0.2, -0.15) is 5.10 Å². The maximum Gasteiger partial charge on any atom is 0.260 e. The van der Waals surface area contributed by atoms with Gasteiger partial charge >= 0.3 is 0 Å². The lowest BCUT2D eigenvalue weighted by atomic mass is 10.1. The Hall–Kier alpha value is -3.72. The molecule has 0 saturated carbocycles. The molecule has 1 aliphatic rings. The fourth-order valence-corrected chi connectivity index (χ4v) is 3.87. The molecule has 0 bridgehead atoms. The predicted octanol–water partition coefficient (Wildman–Crippen LogP) is 4.42. The number of hydrogen-bond acceptors (Lipinski definition) is 6. The van der Waals surface area contributed by atoms with Crippen molar-refractivity contribution in [2.45, 2.75) is 6.92 Å². The lowest BCUT2D eigenvalue weighted by Crippen LogP contribution is -2.13. The Morgan fingerprint density at radius 3 is 2.80 bits per heavy atom. The van der Waals surface area contributed by atoms with Crippen molar-refractivity contribution in [1.29, 1.82) is 0 Å². The SMILES string of the molecule is Cc1c(C(=O)Nc2nc(-c3ccc4c(c3)OCO4)cs2)cnn1-c1ccc(F)cc1. The van der Waals surface area contributed by atoms with Crippen molar-refractivity contribution in [3.05, 3.63) is 71.1 Å². The van der Waals surface area contributed by atoms with Crippen LogP contribution in [0.2, 0.25) is 0 Å². The molecule has 0 spiro atoms. The number of aromatic nitrogens is 3. The van der Waals surface area contributed by atoms with Crippen molar-refractivity contribution in [2.75, 3.05) is 12.1 Å². The molecule has 0 unspecified atom stereocenters. The van der Waals surface area contributed by atoms with Crippen LogP contribution in [0.3, 0.4) is 0 Å². The zero-order chi connectivity index (χ0) is 20.7. The van der Waals surface area contributed by atoms with E-state index in [9.17, 15) is 9.18 Å². The van der Waals surface area contributed by atoms with Crippen LogP contribution in [0.5, 0.6) is 11.5 Å². The lowest BCUT2D eigenvalue weighted by Gasteiger charge is -2.05. The molecule has 0 radical (unpaired) electrons. The number of carbonyl (C=O) groups is 1. The quantitative estimate of drug-likeness (QED) is 0.527. The van der Waals surface area contributed by atoms with E-state index in [1.165, 1.54) is 29.7 Å². The van der Waals surface area contributed by atoms with Gasteiger partial charge in [-0.3, -0.25) is 10.1 Å². The zero-order valence-electron chi connectivity index (χ0n) is 15.8. The monoisotopic (exact) mass is 422 g/mol. The van der Waals surface area contributed by atoms with Crippen LogP contribution in [-0.4, -0.2) is 27.5 Å². The molecule has 5 rings (SSSR count). The van der Waals surface area contributed by atoms with Gasteiger partial charge in [0, 0.05) is 10.9 Å². The van der Waals surface area contributed by atoms with Gasteiger partial charge in [0.25, 0.3) is 5.91 Å². The maximum absolute atomic E-state index is 13.2. The average Bonchev–Trinajstić information content (AvgIpc) is 3.47. The number of thiazole rings is 1. The highest BCUT2D eigenvalue weighted by Gasteiger charge is 2.18. The Labute approximate surface area is 174 Å². The first-order chi connectivity index (χ1) is 14.6. The van der Waals surface area contributed by atoms with Crippen LogP contribution in [0.1, 0.15) is 16.1 Å². The van der Waals surface area contributed by atoms with Crippen molar-refractivity contribution in [2.24, 2.45) is 0 Å². The molecular weight excluding hydrogens is 407 g/mol. The van der Waals surface area contributed by atoms with E-state index in [1.54, 1.807) is 23.7 Å². The van der Waals surface area contributed by atoms with Crippen molar-refractivity contribution >= 4 is 22.4 Å². The molecule has 9 heteroatoms. The summed E-state index contributed by atoms with van der Waals surface area (Å²) in [5, 5.41) is 9.41. The van der Waals surface area contributed by atoms with Crippen LogP contribution in [0.25, 0.3) is 16.9 Å². The highest BCUT2D eigenvalue weighted by Crippen LogP contribution is 2.36. The molecule has 0 fully saturated rings. The predicted molar refractivity (Wildman–Crippen MR) is 110 cm³/mol. The number of anilines is 1. The molecule has 150 valence electrons. The summed E-state index contributed by atoms with van der Waals surface area (Å²) in [5.74, 6) is 0.738. The molecule has 0 saturated heterocycles. The zero-order valence-corrected chi connectivity index (χ0v) is 16.6. The molecule has 1 N–H and O–H groups in total. The third kappa shape index (κ3) is 3.29. The lowest BCUT2D eigenvalue weighted by molar-refractivity contribution is 0.102. The van der Waals surface area contributed by atoms with Crippen LogP contribution in [-0.2, 0) is 0 Å². The Balaban J connectivity index is 1.35. The van der Waals surface area contributed by atoms with Gasteiger partial charge in [-0.25, -0.2) is 14.1 Å². The summed E-state index contributed by atoms with van der Waals surface area (Å²) < 4.78 is 25.5. The Bertz CT molecular complexity index is 1250. The largest absolute Gasteiger partial charge is 0.454 e. The Morgan fingerprint density at radius 1 is 1.17 bits per heavy atom. The molecular formula is C21H15FN4O3S. The van der Waals surface area contributed by atoms with Crippen LogP contribution >= 0.6 is 11.3 Å². The molecule has 0 atom stereocenters. The van der Waals surface area contributed by atoms with Crippen LogP contribution in [0.4, 0.5) is 9.52 Å². The van der Waals surface area contributed by atoms with Gasteiger partial charge in [0.05, 0.1) is 28.8 Å². The van der Waals surface area contributed by atoms with E-state index < -0.39 is 0 Å². The number of halogens is 1. The Morgan fingerprint density at radius 2 is 1.97 bits per heavy atom. The molecule has 1 amide bonds. The van der Waals surface area contributed by atoms with Gasteiger partial charge in [-0.05, 0) is 49.4 Å². The number of carbonyl (C=O) groups excluding carboxylic acids is 1. The fourth-order valence-electron chi connectivity index (χ4n) is 3.16.